The van der Waals surface area contributed by atoms with Gasteiger partial charge in [-0.1, -0.05) is 12.8 Å². The molecular formula is C17H31NO3. The zero-order valence-electron chi connectivity index (χ0n) is 13.8. The minimum absolute atomic E-state index is 0.0752. The van der Waals surface area contributed by atoms with E-state index in [4.69, 9.17) is 9.47 Å². The highest BCUT2D eigenvalue weighted by atomic mass is 16.5. The van der Waals surface area contributed by atoms with Crippen LogP contribution in [0.25, 0.3) is 0 Å². The van der Waals surface area contributed by atoms with Crippen molar-refractivity contribution < 1.29 is 14.3 Å². The molecule has 4 nitrogen and oxygen atoms in total. The summed E-state index contributed by atoms with van der Waals surface area (Å²) in [5.74, 6) is 0.575. The second-order valence-corrected chi connectivity index (χ2v) is 6.97. The monoisotopic (exact) mass is 297 g/mol. The first kappa shape index (κ1) is 16.8. The molecule has 2 aliphatic carbocycles. The lowest BCUT2D eigenvalue weighted by atomic mass is 9.94. The second-order valence-electron chi connectivity index (χ2n) is 6.97. The van der Waals surface area contributed by atoms with Crippen LogP contribution in [-0.4, -0.2) is 36.9 Å². The molecule has 0 amide bonds. The van der Waals surface area contributed by atoms with Crippen molar-refractivity contribution >= 4 is 5.97 Å². The normalized spacial score (nSPS) is 23.8. The summed E-state index contributed by atoms with van der Waals surface area (Å²) in [4.78, 5) is 12.3. The van der Waals surface area contributed by atoms with E-state index < -0.39 is 5.54 Å². The molecule has 0 aliphatic heterocycles. The maximum atomic E-state index is 12.3. The molecule has 0 aromatic rings. The lowest BCUT2D eigenvalue weighted by Gasteiger charge is -2.31. The third-order valence-corrected chi connectivity index (χ3v) is 4.61. The molecule has 0 aromatic heterocycles. The molecule has 0 spiro atoms. The largest absolute Gasteiger partial charge is 0.465 e. The molecule has 0 heterocycles. The summed E-state index contributed by atoms with van der Waals surface area (Å²) in [5.41, 5.74) is -0.619. The van der Waals surface area contributed by atoms with Gasteiger partial charge in [-0.15, -0.1) is 0 Å². The Bertz CT molecular complexity index is 337. The van der Waals surface area contributed by atoms with Crippen molar-refractivity contribution in [2.24, 2.45) is 5.92 Å². The third-order valence-electron chi connectivity index (χ3n) is 4.61. The number of hydrogen-bond acceptors (Lipinski definition) is 4. The van der Waals surface area contributed by atoms with E-state index in [0.717, 1.165) is 25.4 Å². The first-order valence-electron chi connectivity index (χ1n) is 8.60. The van der Waals surface area contributed by atoms with E-state index >= 15 is 0 Å². The van der Waals surface area contributed by atoms with Crippen molar-refractivity contribution in [1.82, 2.24) is 5.32 Å². The topological polar surface area (TPSA) is 47.6 Å². The van der Waals surface area contributed by atoms with Crippen molar-refractivity contribution in [2.45, 2.75) is 83.4 Å². The average molecular weight is 297 g/mol. The molecule has 0 aromatic carbocycles. The Balaban J connectivity index is 1.82. The van der Waals surface area contributed by atoms with Crippen molar-refractivity contribution in [3.8, 4) is 0 Å². The number of carbonyl (C=O) groups excluding carboxylic acids is 1. The summed E-state index contributed by atoms with van der Waals surface area (Å²) in [5, 5.41) is 3.46. The van der Waals surface area contributed by atoms with Crippen LogP contribution in [0.1, 0.15) is 65.7 Å². The number of nitrogens with one attached hydrogen (secondary N) is 1. The maximum absolute atomic E-state index is 12.3. The summed E-state index contributed by atoms with van der Waals surface area (Å²) < 4.78 is 11.3. The predicted octanol–water partition coefficient (Wildman–Crippen LogP) is 3.05. The van der Waals surface area contributed by atoms with Gasteiger partial charge in [0.15, 0.2) is 0 Å². The molecule has 1 N–H and O–H groups in total. The summed E-state index contributed by atoms with van der Waals surface area (Å²) in [6.45, 7) is 7.15. The van der Waals surface area contributed by atoms with E-state index in [1.165, 1.54) is 25.7 Å². The number of rotatable bonds is 9. The van der Waals surface area contributed by atoms with Gasteiger partial charge in [-0.25, -0.2) is 0 Å². The van der Waals surface area contributed by atoms with E-state index in [2.05, 4.69) is 12.2 Å². The van der Waals surface area contributed by atoms with Crippen LogP contribution in [0.4, 0.5) is 0 Å². The van der Waals surface area contributed by atoms with Crippen LogP contribution < -0.4 is 5.32 Å². The van der Waals surface area contributed by atoms with Gasteiger partial charge in [-0.05, 0) is 52.4 Å². The van der Waals surface area contributed by atoms with Gasteiger partial charge in [0.2, 0.25) is 0 Å². The first-order chi connectivity index (χ1) is 10.0. The van der Waals surface area contributed by atoms with Crippen molar-refractivity contribution in [2.75, 3.05) is 13.2 Å². The van der Waals surface area contributed by atoms with E-state index in [0.29, 0.717) is 19.1 Å². The van der Waals surface area contributed by atoms with E-state index in [1.54, 1.807) is 0 Å². The predicted molar refractivity (Wildman–Crippen MR) is 83.2 cm³/mol. The standard InChI is InChI=1S/C17H31NO3/c1-4-20-16(19)17(3,18-15-9-10-15)11-13(2)21-12-14-7-5-6-8-14/h13-15,18H,4-12H2,1-3H3. The minimum Gasteiger partial charge on any atom is -0.465 e. The van der Waals surface area contributed by atoms with Gasteiger partial charge in [0, 0.05) is 19.1 Å². The van der Waals surface area contributed by atoms with Crippen molar-refractivity contribution in [1.29, 1.82) is 0 Å². The smallest absolute Gasteiger partial charge is 0.326 e. The quantitative estimate of drug-likeness (QED) is 0.665. The molecule has 2 rings (SSSR count). The molecule has 0 radical (unpaired) electrons. The molecule has 2 atom stereocenters. The molecule has 122 valence electrons. The van der Waals surface area contributed by atoms with Crippen molar-refractivity contribution in [3.63, 3.8) is 0 Å². The van der Waals surface area contributed by atoms with Crippen molar-refractivity contribution in [3.05, 3.63) is 0 Å². The molecule has 2 fully saturated rings. The van der Waals surface area contributed by atoms with Crippen LogP contribution in [-0.2, 0) is 14.3 Å². The SMILES string of the molecule is CCOC(=O)C(C)(CC(C)OCC1CCCC1)NC1CC1. The van der Waals surface area contributed by atoms with Crippen LogP contribution in [0.3, 0.4) is 0 Å². The summed E-state index contributed by atoms with van der Waals surface area (Å²) in [7, 11) is 0. The Kier molecular flexibility index (Phi) is 6.06. The van der Waals surface area contributed by atoms with E-state index in [-0.39, 0.29) is 12.1 Å². The summed E-state index contributed by atoms with van der Waals surface area (Å²) in [6.07, 6.45) is 8.34. The summed E-state index contributed by atoms with van der Waals surface area (Å²) in [6, 6.07) is 0.474. The summed E-state index contributed by atoms with van der Waals surface area (Å²) >= 11 is 0. The fourth-order valence-corrected chi connectivity index (χ4v) is 3.28. The maximum Gasteiger partial charge on any atom is 0.326 e. The van der Waals surface area contributed by atoms with Gasteiger partial charge in [-0.2, -0.15) is 0 Å². The minimum atomic E-state index is -0.619. The highest BCUT2D eigenvalue weighted by Crippen LogP contribution is 2.28. The molecule has 0 saturated heterocycles. The highest BCUT2D eigenvalue weighted by Gasteiger charge is 2.40. The Morgan fingerprint density at radius 1 is 1.29 bits per heavy atom. The van der Waals surface area contributed by atoms with Crippen LogP contribution in [0.15, 0.2) is 0 Å². The highest BCUT2D eigenvalue weighted by molar-refractivity contribution is 5.80. The molecule has 4 heteroatoms. The first-order valence-corrected chi connectivity index (χ1v) is 8.60. The molecule has 21 heavy (non-hydrogen) atoms. The van der Waals surface area contributed by atoms with Crippen LogP contribution in [0.5, 0.6) is 0 Å². The Labute approximate surface area is 129 Å². The lowest BCUT2D eigenvalue weighted by Crippen LogP contribution is -2.53. The van der Waals surface area contributed by atoms with Crippen LogP contribution in [0.2, 0.25) is 0 Å². The average Bonchev–Trinajstić information content (AvgIpc) is 3.07. The van der Waals surface area contributed by atoms with Crippen LogP contribution in [0, 0.1) is 5.92 Å². The Hall–Kier alpha value is -0.610. The van der Waals surface area contributed by atoms with Gasteiger partial charge in [-0.3, -0.25) is 10.1 Å². The molecule has 0 bridgehead atoms. The Morgan fingerprint density at radius 3 is 2.52 bits per heavy atom. The number of ether oxygens (including phenoxy) is 2. The number of hydrogen-bond donors (Lipinski definition) is 1. The number of esters is 1. The third kappa shape index (κ3) is 5.26. The number of carbonyl (C=O) groups is 1. The lowest BCUT2D eigenvalue weighted by molar-refractivity contribution is -0.152. The van der Waals surface area contributed by atoms with E-state index in [9.17, 15) is 4.79 Å². The van der Waals surface area contributed by atoms with E-state index in [1.807, 2.05) is 13.8 Å². The molecule has 2 aliphatic rings. The van der Waals surface area contributed by atoms with Gasteiger partial charge >= 0.3 is 5.97 Å². The fraction of sp³-hybridized carbons (Fsp3) is 0.941. The van der Waals surface area contributed by atoms with Gasteiger partial charge < -0.3 is 9.47 Å². The second kappa shape index (κ2) is 7.59. The zero-order chi connectivity index (χ0) is 15.3. The van der Waals surface area contributed by atoms with Gasteiger partial charge in [0.25, 0.3) is 0 Å². The van der Waals surface area contributed by atoms with Gasteiger partial charge in [0.1, 0.15) is 5.54 Å². The fourth-order valence-electron chi connectivity index (χ4n) is 3.28. The molecule has 2 unspecified atom stereocenters. The molecular weight excluding hydrogens is 266 g/mol. The van der Waals surface area contributed by atoms with Gasteiger partial charge in [0.05, 0.1) is 12.7 Å². The Morgan fingerprint density at radius 2 is 1.95 bits per heavy atom. The zero-order valence-corrected chi connectivity index (χ0v) is 13.8. The van der Waals surface area contributed by atoms with Crippen LogP contribution >= 0.6 is 0 Å². The molecule has 2 saturated carbocycles.